The van der Waals surface area contributed by atoms with E-state index < -0.39 is 22.3 Å². The Morgan fingerprint density at radius 2 is 2.04 bits per heavy atom. The number of nitrogens with one attached hydrogen (secondary N) is 2. The SMILES string of the molecule is COc1cccc(NCC(=O)N/N=C\c2cc(OC)c([O-])c([N+](=O)[O-])c2)c1. The van der Waals surface area contributed by atoms with Crippen LogP contribution in [0, 0.1) is 10.1 Å². The van der Waals surface area contributed by atoms with Crippen molar-refractivity contribution < 1.29 is 24.3 Å². The number of benzene rings is 2. The number of hydrogen-bond acceptors (Lipinski definition) is 8. The van der Waals surface area contributed by atoms with Gasteiger partial charge in [-0.3, -0.25) is 14.9 Å². The van der Waals surface area contributed by atoms with Gasteiger partial charge in [-0.25, -0.2) is 5.43 Å². The Morgan fingerprint density at radius 3 is 2.70 bits per heavy atom. The van der Waals surface area contributed by atoms with Gasteiger partial charge in [0.1, 0.15) is 11.5 Å². The number of amides is 1. The Bertz CT molecular complexity index is 868. The quantitative estimate of drug-likeness (QED) is 0.403. The van der Waals surface area contributed by atoms with E-state index in [9.17, 15) is 20.0 Å². The van der Waals surface area contributed by atoms with Gasteiger partial charge in [0.2, 0.25) is 0 Å². The van der Waals surface area contributed by atoms with Crippen LogP contribution >= 0.6 is 0 Å². The van der Waals surface area contributed by atoms with Crippen molar-refractivity contribution in [3.05, 3.63) is 52.1 Å². The van der Waals surface area contributed by atoms with Crippen LogP contribution in [0.3, 0.4) is 0 Å². The number of hydrazone groups is 1. The average molecular weight is 373 g/mol. The van der Waals surface area contributed by atoms with E-state index in [2.05, 4.69) is 15.8 Å². The van der Waals surface area contributed by atoms with E-state index in [1.807, 2.05) is 0 Å². The molecule has 2 rings (SSSR count). The molecule has 10 nitrogen and oxygen atoms in total. The third-order valence-electron chi connectivity index (χ3n) is 3.40. The van der Waals surface area contributed by atoms with E-state index in [1.165, 1.54) is 19.4 Å². The van der Waals surface area contributed by atoms with Crippen molar-refractivity contribution in [2.24, 2.45) is 5.10 Å². The first-order valence-corrected chi connectivity index (χ1v) is 7.68. The van der Waals surface area contributed by atoms with Gasteiger partial charge in [0, 0.05) is 29.1 Å². The Hall–Kier alpha value is -3.82. The van der Waals surface area contributed by atoms with Gasteiger partial charge in [-0.15, -0.1) is 0 Å². The second-order valence-corrected chi connectivity index (χ2v) is 5.21. The first kappa shape index (κ1) is 19.5. The van der Waals surface area contributed by atoms with Crippen LogP contribution in [0.15, 0.2) is 41.5 Å². The molecule has 27 heavy (non-hydrogen) atoms. The third kappa shape index (κ3) is 5.33. The zero-order valence-electron chi connectivity index (χ0n) is 14.6. The lowest BCUT2D eigenvalue weighted by Gasteiger charge is -2.12. The summed E-state index contributed by atoms with van der Waals surface area (Å²) in [6, 6.07) is 9.39. The van der Waals surface area contributed by atoms with Crippen molar-refractivity contribution in [1.82, 2.24) is 5.43 Å². The molecular weight excluding hydrogens is 356 g/mol. The molecule has 0 saturated heterocycles. The molecule has 0 aliphatic rings. The second-order valence-electron chi connectivity index (χ2n) is 5.21. The minimum absolute atomic E-state index is 0.0481. The molecule has 0 fully saturated rings. The van der Waals surface area contributed by atoms with Gasteiger partial charge < -0.3 is 19.9 Å². The summed E-state index contributed by atoms with van der Waals surface area (Å²) in [6.45, 7) is -0.0481. The standard InChI is InChI=1S/C17H18N4O6/c1-26-13-5-3-4-12(8-13)18-10-16(22)20-19-9-11-6-14(21(24)25)17(23)15(7-11)27-2/h3-9,18,23H,10H2,1-2H3,(H,20,22)/p-1/b19-9-. The molecule has 0 atom stereocenters. The number of nitro benzene ring substituents is 1. The number of anilines is 1. The molecule has 0 radical (unpaired) electrons. The molecule has 0 aliphatic carbocycles. The monoisotopic (exact) mass is 373 g/mol. The van der Waals surface area contributed by atoms with Crippen molar-refractivity contribution in [2.45, 2.75) is 0 Å². The van der Waals surface area contributed by atoms with Crippen LogP contribution in [-0.2, 0) is 4.79 Å². The molecular formula is C17H17N4O6-. The lowest BCUT2D eigenvalue weighted by molar-refractivity contribution is -0.398. The normalized spacial score (nSPS) is 10.4. The molecule has 0 spiro atoms. The van der Waals surface area contributed by atoms with Crippen molar-refractivity contribution in [2.75, 3.05) is 26.1 Å². The highest BCUT2D eigenvalue weighted by atomic mass is 16.6. The Labute approximate surface area is 154 Å². The predicted octanol–water partition coefficient (Wildman–Crippen LogP) is 1.25. The highest BCUT2D eigenvalue weighted by molar-refractivity contribution is 5.86. The Balaban J connectivity index is 1.97. The van der Waals surface area contributed by atoms with Crippen LogP contribution in [-0.4, -0.2) is 37.8 Å². The number of methoxy groups -OCH3 is 2. The number of ether oxygens (including phenoxy) is 2. The smallest absolute Gasteiger partial charge is 0.266 e. The maximum Gasteiger partial charge on any atom is 0.266 e. The summed E-state index contributed by atoms with van der Waals surface area (Å²) in [5.41, 5.74) is 2.57. The minimum Gasteiger partial charge on any atom is -0.865 e. The van der Waals surface area contributed by atoms with Crippen molar-refractivity contribution in [3.63, 3.8) is 0 Å². The summed E-state index contributed by atoms with van der Waals surface area (Å²) in [4.78, 5) is 21.9. The van der Waals surface area contributed by atoms with E-state index in [-0.39, 0.29) is 17.9 Å². The number of rotatable bonds is 8. The molecule has 2 aromatic rings. The zero-order chi connectivity index (χ0) is 19.8. The number of hydrogen-bond donors (Lipinski definition) is 2. The maximum atomic E-state index is 11.8. The van der Waals surface area contributed by atoms with Gasteiger partial charge >= 0.3 is 0 Å². The fourth-order valence-corrected chi connectivity index (χ4v) is 2.10. The zero-order valence-corrected chi connectivity index (χ0v) is 14.6. The van der Waals surface area contributed by atoms with Crippen molar-refractivity contribution >= 4 is 23.5 Å². The number of nitrogens with zero attached hydrogens (tertiary/aromatic N) is 2. The Morgan fingerprint density at radius 1 is 1.26 bits per heavy atom. The van der Waals surface area contributed by atoms with Crippen LogP contribution in [0.25, 0.3) is 0 Å². The van der Waals surface area contributed by atoms with Gasteiger partial charge in [-0.2, -0.15) is 5.10 Å². The molecule has 0 unspecified atom stereocenters. The summed E-state index contributed by atoms with van der Waals surface area (Å²) in [5.74, 6) is -0.797. The summed E-state index contributed by atoms with van der Waals surface area (Å²) in [7, 11) is 2.77. The molecule has 142 valence electrons. The Kier molecular flexibility index (Phi) is 6.53. The molecule has 0 heterocycles. The largest absolute Gasteiger partial charge is 0.865 e. The van der Waals surface area contributed by atoms with Crippen LogP contribution in [0.5, 0.6) is 17.2 Å². The molecule has 1 amide bonds. The summed E-state index contributed by atoms with van der Waals surface area (Å²) in [6.07, 6.45) is 1.18. The number of carbonyl (C=O) groups excluding carboxylic acids is 1. The highest BCUT2D eigenvalue weighted by Gasteiger charge is 2.12. The van der Waals surface area contributed by atoms with Gasteiger partial charge in [0.15, 0.2) is 0 Å². The first-order chi connectivity index (χ1) is 12.9. The molecule has 0 aliphatic heterocycles. The van der Waals surface area contributed by atoms with Crippen LogP contribution in [0.4, 0.5) is 11.4 Å². The highest BCUT2D eigenvalue weighted by Crippen LogP contribution is 2.33. The molecule has 2 N–H and O–H groups in total. The third-order valence-corrected chi connectivity index (χ3v) is 3.40. The minimum atomic E-state index is -0.828. The molecule has 0 bridgehead atoms. The number of nitro groups is 1. The maximum absolute atomic E-state index is 11.8. The number of carbonyl (C=O) groups is 1. The fourth-order valence-electron chi connectivity index (χ4n) is 2.10. The fraction of sp³-hybridized carbons (Fsp3) is 0.176. The second kappa shape index (κ2) is 9.04. The van der Waals surface area contributed by atoms with E-state index in [4.69, 9.17) is 9.47 Å². The van der Waals surface area contributed by atoms with E-state index in [0.29, 0.717) is 11.4 Å². The van der Waals surface area contributed by atoms with Gasteiger partial charge in [0.05, 0.1) is 31.9 Å². The van der Waals surface area contributed by atoms with Crippen molar-refractivity contribution in [3.8, 4) is 17.2 Å². The summed E-state index contributed by atoms with van der Waals surface area (Å²) < 4.78 is 9.91. The topological polar surface area (TPSA) is 138 Å². The molecule has 0 aromatic heterocycles. The van der Waals surface area contributed by atoms with E-state index >= 15 is 0 Å². The van der Waals surface area contributed by atoms with Crippen LogP contribution in [0.2, 0.25) is 0 Å². The van der Waals surface area contributed by atoms with Gasteiger partial charge in [-0.1, -0.05) is 6.07 Å². The van der Waals surface area contributed by atoms with Crippen LogP contribution in [0.1, 0.15) is 5.56 Å². The average Bonchev–Trinajstić information content (AvgIpc) is 2.67. The van der Waals surface area contributed by atoms with E-state index in [1.54, 1.807) is 31.4 Å². The summed E-state index contributed by atoms with van der Waals surface area (Å²) >= 11 is 0. The van der Waals surface area contributed by atoms with Crippen molar-refractivity contribution in [1.29, 1.82) is 0 Å². The molecule has 10 heteroatoms. The summed E-state index contributed by atoms with van der Waals surface area (Å²) in [5, 5.41) is 29.3. The lowest BCUT2D eigenvalue weighted by Crippen LogP contribution is -2.25. The lowest BCUT2D eigenvalue weighted by atomic mass is 10.2. The van der Waals surface area contributed by atoms with Gasteiger partial charge in [0.25, 0.3) is 11.6 Å². The molecule has 2 aromatic carbocycles. The van der Waals surface area contributed by atoms with E-state index in [0.717, 1.165) is 6.07 Å². The van der Waals surface area contributed by atoms with Gasteiger partial charge in [-0.05, 0) is 18.2 Å². The molecule has 0 saturated carbocycles. The van der Waals surface area contributed by atoms with Crippen LogP contribution < -0.4 is 25.3 Å². The first-order valence-electron chi connectivity index (χ1n) is 7.68. The predicted molar refractivity (Wildman–Crippen MR) is 96.3 cm³/mol.